The Balaban J connectivity index is 1.85. The number of aliphatic carboxylic acids is 1. The third kappa shape index (κ3) is 4.21. The smallest absolute Gasteiger partial charge is 0.410 e. The van der Waals surface area contributed by atoms with Crippen molar-refractivity contribution in [3.63, 3.8) is 0 Å². The van der Waals surface area contributed by atoms with E-state index in [1.54, 1.807) is 7.05 Å². The van der Waals surface area contributed by atoms with Gasteiger partial charge >= 0.3 is 12.1 Å². The topological polar surface area (TPSA) is 66.8 Å². The highest BCUT2D eigenvalue weighted by molar-refractivity contribution is 5.71. The standard InChI is InChI=1S/C16H21NO4/c1-17(14-9-5-8-13(10-14)15(18)19)16(20)21-11-12-6-3-2-4-7-12/h2-4,6-7,13-14H,5,8-11H2,1H3,(H,18,19)/t13-,14+/m0/s1. The minimum Gasteiger partial charge on any atom is -0.481 e. The van der Waals surface area contributed by atoms with Crippen LogP contribution in [0.1, 0.15) is 31.2 Å². The van der Waals surface area contributed by atoms with E-state index >= 15 is 0 Å². The number of nitrogens with zero attached hydrogens (tertiary/aromatic N) is 1. The summed E-state index contributed by atoms with van der Waals surface area (Å²) in [6.07, 6.45) is 2.47. The summed E-state index contributed by atoms with van der Waals surface area (Å²) in [7, 11) is 1.68. The number of benzene rings is 1. The van der Waals surface area contributed by atoms with Crippen LogP contribution in [0.2, 0.25) is 0 Å². The molecule has 1 aromatic carbocycles. The Morgan fingerprint density at radius 1 is 1.29 bits per heavy atom. The average molecular weight is 291 g/mol. The molecule has 0 aromatic heterocycles. The molecule has 1 aliphatic carbocycles. The van der Waals surface area contributed by atoms with Crippen LogP contribution in [0.4, 0.5) is 4.79 Å². The van der Waals surface area contributed by atoms with E-state index in [-0.39, 0.29) is 18.6 Å². The first kappa shape index (κ1) is 15.4. The molecule has 1 amide bonds. The van der Waals surface area contributed by atoms with Crippen molar-refractivity contribution in [3.05, 3.63) is 35.9 Å². The van der Waals surface area contributed by atoms with Gasteiger partial charge in [0, 0.05) is 13.1 Å². The Morgan fingerprint density at radius 3 is 2.67 bits per heavy atom. The molecule has 1 fully saturated rings. The Labute approximate surface area is 124 Å². The van der Waals surface area contributed by atoms with Crippen molar-refractivity contribution in [2.24, 2.45) is 5.92 Å². The third-order valence-electron chi connectivity index (χ3n) is 4.04. The van der Waals surface area contributed by atoms with Crippen LogP contribution >= 0.6 is 0 Å². The quantitative estimate of drug-likeness (QED) is 0.926. The summed E-state index contributed by atoms with van der Waals surface area (Å²) in [5.74, 6) is -1.13. The maximum absolute atomic E-state index is 12.0. The molecule has 1 aromatic rings. The van der Waals surface area contributed by atoms with Gasteiger partial charge < -0.3 is 14.7 Å². The van der Waals surface area contributed by atoms with E-state index < -0.39 is 12.1 Å². The van der Waals surface area contributed by atoms with Gasteiger partial charge in [0.05, 0.1) is 5.92 Å². The Morgan fingerprint density at radius 2 is 2.00 bits per heavy atom. The zero-order valence-electron chi connectivity index (χ0n) is 12.2. The highest BCUT2D eigenvalue weighted by Gasteiger charge is 2.31. The molecule has 114 valence electrons. The number of carboxylic acids is 1. The fourth-order valence-electron chi connectivity index (χ4n) is 2.71. The van der Waals surface area contributed by atoms with Crippen LogP contribution in [0.25, 0.3) is 0 Å². The first-order chi connectivity index (χ1) is 10.1. The number of hydrogen-bond acceptors (Lipinski definition) is 3. The van der Waals surface area contributed by atoms with Gasteiger partial charge in [0.2, 0.25) is 0 Å². The minimum atomic E-state index is -0.772. The summed E-state index contributed by atoms with van der Waals surface area (Å²) in [6.45, 7) is 0.235. The molecule has 2 atom stereocenters. The highest BCUT2D eigenvalue weighted by Crippen LogP contribution is 2.27. The summed E-state index contributed by atoms with van der Waals surface area (Å²) in [4.78, 5) is 24.7. The fraction of sp³-hybridized carbons (Fsp3) is 0.500. The molecule has 0 aliphatic heterocycles. The van der Waals surface area contributed by atoms with Crippen molar-refractivity contribution in [2.75, 3.05) is 7.05 Å². The second-order valence-electron chi connectivity index (χ2n) is 5.51. The van der Waals surface area contributed by atoms with Gasteiger partial charge in [-0.15, -0.1) is 0 Å². The lowest BCUT2D eigenvalue weighted by molar-refractivity contribution is -0.143. The molecule has 1 aliphatic rings. The van der Waals surface area contributed by atoms with Gasteiger partial charge in [-0.3, -0.25) is 4.79 Å². The number of amides is 1. The first-order valence-electron chi connectivity index (χ1n) is 7.24. The molecule has 1 N–H and O–H groups in total. The van der Waals surface area contributed by atoms with Crippen molar-refractivity contribution < 1.29 is 19.4 Å². The predicted molar refractivity (Wildman–Crippen MR) is 77.8 cm³/mol. The lowest BCUT2D eigenvalue weighted by Gasteiger charge is -2.33. The van der Waals surface area contributed by atoms with Crippen LogP contribution in [-0.2, 0) is 16.1 Å². The molecule has 0 bridgehead atoms. The molecule has 0 radical (unpaired) electrons. The van der Waals surface area contributed by atoms with Crippen molar-refractivity contribution in [3.8, 4) is 0 Å². The van der Waals surface area contributed by atoms with Crippen molar-refractivity contribution in [1.29, 1.82) is 0 Å². The highest BCUT2D eigenvalue weighted by atomic mass is 16.6. The first-order valence-corrected chi connectivity index (χ1v) is 7.24. The Bertz CT molecular complexity index is 488. The number of carbonyl (C=O) groups excluding carboxylic acids is 1. The zero-order chi connectivity index (χ0) is 15.2. The van der Waals surface area contributed by atoms with Crippen LogP contribution in [0.3, 0.4) is 0 Å². The number of carboxylic acid groups (broad SMARTS) is 1. The van der Waals surface area contributed by atoms with Crippen molar-refractivity contribution in [2.45, 2.75) is 38.3 Å². The molecule has 0 heterocycles. The van der Waals surface area contributed by atoms with E-state index in [9.17, 15) is 9.59 Å². The summed E-state index contributed by atoms with van der Waals surface area (Å²) >= 11 is 0. The number of rotatable bonds is 4. The van der Waals surface area contributed by atoms with Crippen molar-refractivity contribution >= 4 is 12.1 Å². The molecule has 1 saturated carbocycles. The summed E-state index contributed by atoms with van der Waals surface area (Å²) in [5.41, 5.74) is 0.936. The number of carbonyl (C=O) groups is 2. The van der Waals surface area contributed by atoms with Crippen LogP contribution in [-0.4, -0.2) is 35.2 Å². The van der Waals surface area contributed by atoms with Gasteiger partial charge in [0.25, 0.3) is 0 Å². The average Bonchev–Trinajstić information content (AvgIpc) is 2.53. The summed E-state index contributed by atoms with van der Waals surface area (Å²) in [6, 6.07) is 9.44. The van der Waals surface area contributed by atoms with Crippen LogP contribution in [0, 0.1) is 5.92 Å². The van der Waals surface area contributed by atoms with Gasteiger partial charge in [-0.25, -0.2) is 4.79 Å². The zero-order valence-corrected chi connectivity index (χ0v) is 12.2. The number of hydrogen-bond donors (Lipinski definition) is 1. The molecule has 5 heteroatoms. The summed E-state index contributed by atoms with van der Waals surface area (Å²) in [5, 5.41) is 9.09. The van der Waals surface area contributed by atoms with E-state index in [0.717, 1.165) is 18.4 Å². The van der Waals surface area contributed by atoms with Gasteiger partial charge in [0.1, 0.15) is 6.61 Å². The normalized spacial score (nSPS) is 21.6. The van der Waals surface area contributed by atoms with Crippen LogP contribution in [0.15, 0.2) is 30.3 Å². The molecule has 5 nitrogen and oxygen atoms in total. The molecule has 0 spiro atoms. The fourth-order valence-corrected chi connectivity index (χ4v) is 2.71. The third-order valence-corrected chi connectivity index (χ3v) is 4.04. The number of ether oxygens (including phenoxy) is 1. The van der Waals surface area contributed by atoms with E-state index in [2.05, 4.69) is 0 Å². The molecule has 2 rings (SSSR count). The van der Waals surface area contributed by atoms with Gasteiger partial charge in [0.15, 0.2) is 0 Å². The monoisotopic (exact) mass is 291 g/mol. The second-order valence-corrected chi connectivity index (χ2v) is 5.51. The van der Waals surface area contributed by atoms with E-state index in [1.807, 2.05) is 30.3 Å². The molecule has 0 unspecified atom stereocenters. The van der Waals surface area contributed by atoms with Crippen LogP contribution < -0.4 is 0 Å². The maximum Gasteiger partial charge on any atom is 0.410 e. The van der Waals surface area contributed by atoms with Crippen molar-refractivity contribution in [1.82, 2.24) is 4.90 Å². The molecular weight excluding hydrogens is 270 g/mol. The van der Waals surface area contributed by atoms with E-state index in [1.165, 1.54) is 4.90 Å². The van der Waals surface area contributed by atoms with E-state index in [0.29, 0.717) is 12.8 Å². The largest absolute Gasteiger partial charge is 0.481 e. The van der Waals surface area contributed by atoms with Gasteiger partial charge in [-0.05, 0) is 24.8 Å². The predicted octanol–water partition coefficient (Wildman–Crippen LogP) is 2.90. The second kappa shape index (κ2) is 7.11. The Kier molecular flexibility index (Phi) is 5.20. The SMILES string of the molecule is CN(C(=O)OCc1ccccc1)[C@@H]1CCC[C@H](C(=O)O)C1. The minimum absolute atomic E-state index is 0.0527. The molecule has 21 heavy (non-hydrogen) atoms. The van der Waals surface area contributed by atoms with Crippen LogP contribution in [0.5, 0.6) is 0 Å². The van der Waals surface area contributed by atoms with E-state index in [4.69, 9.17) is 9.84 Å². The molecular formula is C16H21NO4. The Hall–Kier alpha value is -2.04. The maximum atomic E-state index is 12.0. The summed E-state index contributed by atoms with van der Waals surface area (Å²) < 4.78 is 5.28. The lowest BCUT2D eigenvalue weighted by Crippen LogP contribution is -2.41. The van der Waals surface area contributed by atoms with Gasteiger partial charge in [-0.1, -0.05) is 36.8 Å². The lowest BCUT2D eigenvalue weighted by atomic mass is 9.85. The molecule has 0 saturated heterocycles. The van der Waals surface area contributed by atoms with Gasteiger partial charge in [-0.2, -0.15) is 0 Å².